The molecule has 1 heterocycles. The monoisotopic (exact) mass is 602 g/mol. The maximum Gasteiger partial charge on any atom is 0.335 e. The van der Waals surface area contributed by atoms with Gasteiger partial charge in [-0.3, -0.25) is 0 Å². The highest BCUT2D eigenvalue weighted by Crippen LogP contribution is 2.31. The van der Waals surface area contributed by atoms with Crippen molar-refractivity contribution in [3.63, 3.8) is 0 Å². The van der Waals surface area contributed by atoms with Crippen LogP contribution in [0.1, 0.15) is 27.3 Å². The lowest BCUT2D eigenvalue weighted by Crippen LogP contribution is -2.02. The van der Waals surface area contributed by atoms with E-state index in [2.05, 4.69) is 0 Å². The Kier molecular flexibility index (Phi) is 8.13. The number of carbonyl (C=O) groups is 1. The predicted molar refractivity (Wildman–Crippen MR) is 164 cm³/mol. The van der Waals surface area contributed by atoms with Gasteiger partial charge in [0.15, 0.2) is 9.84 Å². The summed E-state index contributed by atoms with van der Waals surface area (Å²) in [5.74, 6) is -0.296. The molecule has 0 aliphatic heterocycles. The Morgan fingerprint density at radius 1 is 0.902 bits per heavy atom. The van der Waals surface area contributed by atoms with Gasteiger partial charge in [0.25, 0.3) is 0 Å². The van der Waals surface area contributed by atoms with E-state index >= 15 is 0 Å². The Labute approximate surface area is 248 Å². The van der Waals surface area contributed by atoms with Gasteiger partial charge in [0.1, 0.15) is 5.82 Å². The molecule has 0 aliphatic rings. The summed E-state index contributed by atoms with van der Waals surface area (Å²) < 4.78 is 25.9. The topological polar surface area (TPSA) is 89.3 Å². The van der Waals surface area contributed by atoms with Crippen molar-refractivity contribution >= 4 is 51.2 Å². The molecule has 0 saturated heterocycles. The van der Waals surface area contributed by atoms with Crippen LogP contribution in [0, 0.1) is 0 Å². The molecule has 0 atom stereocenters. The number of halogens is 2. The molecule has 41 heavy (non-hydrogen) atoms. The van der Waals surface area contributed by atoms with Crippen LogP contribution in [-0.2, 0) is 16.4 Å². The first kappa shape index (κ1) is 28.4. The highest BCUT2D eigenvalue weighted by molar-refractivity contribution is 7.90. The molecule has 0 spiro atoms. The molecule has 5 aromatic rings. The standard InChI is InChI=1S/C32H24Cl2N2O4S/c1-41(39,40)27-4-2-3-25(17-27)23-10-5-21(6-11-23)9-16-31-35-30(28-15-14-26(33)18-29(28)34)20-36(31)19-22-7-12-24(13-8-22)32(37)38/h2-18,20H,19H2,1H3,(H,37,38)/b16-9+. The molecule has 0 radical (unpaired) electrons. The zero-order valence-electron chi connectivity index (χ0n) is 21.8. The molecule has 0 bridgehead atoms. The molecule has 5 rings (SSSR count). The Morgan fingerprint density at radius 2 is 1.63 bits per heavy atom. The first-order valence-corrected chi connectivity index (χ1v) is 15.1. The van der Waals surface area contributed by atoms with Crippen LogP contribution >= 0.6 is 23.2 Å². The Balaban J connectivity index is 1.45. The molecular weight excluding hydrogens is 579 g/mol. The molecule has 1 aromatic heterocycles. The van der Waals surface area contributed by atoms with Crippen LogP contribution in [0.5, 0.6) is 0 Å². The Bertz CT molecular complexity index is 1880. The summed E-state index contributed by atoms with van der Waals surface area (Å²) in [4.78, 5) is 16.3. The Hall–Kier alpha value is -4.17. The van der Waals surface area contributed by atoms with Gasteiger partial charge >= 0.3 is 5.97 Å². The number of hydrogen-bond acceptors (Lipinski definition) is 4. The molecule has 4 aromatic carbocycles. The third-order valence-electron chi connectivity index (χ3n) is 6.50. The van der Waals surface area contributed by atoms with Gasteiger partial charge in [0.05, 0.1) is 21.2 Å². The van der Waals surface area contributed by atoms with Crippen molar-refractivity contribution in [2.45, 2.75) is 11.4 Å². The van der Waals surface area contributed by atoms with Crippen molar-refractivity contribution in [2.75, 3.05) is 6.26 Å². The number of carboxylic acid groups (broad SMARTS) is 1. The summed E-state index contributed by atoms with van der Waals surface area (Å²) in [6.45, 7) is 0.466. The molecule has 0 unspecified atom stereocenters. The van der Waals surface area contributed by atoms with Crippen molar-refractivity contribution in [3.8, 4) is 22.4 Å². The van der Waals surface area contributed by atoms with E-state index in [0.717, 1.165) is 27.8 Å². The van der Waals surface area contributed by atoms with Gasteiger partial charge in [-0.15, -0.1) is 0 Å². The van der Waals surface area contributed by atoms with Gasteiger partial charge < -0.3 is 9.67 Å². The fourth-order valence-corrected chi connectivity index (χ4v) is 5.50. The quantitative estimate of drug-likeness (QED) is 0.195. The number of nitrogens with zero attached hydrogens (tertiary/aromatic N) is 2. The summed E-state index contributed by atoms with van der Waals surface area (Å²) in [7, 11) is -3.30. The molecular formula is C32H24Cl2N2O4S. The van der Waals surface area contributed by atoms with Crippen LogP contribution in [-0.4, -0.2) is 35.3 Å². The smallest absolute Gasteiger partial charge is 0.335 e. The largest absolute Gasteiger partial charge is 0.478 e. The van der Waals surface area contributed by atoms with Crippen LogP contribution in [0.2, 0.25) is 10.0 Å². The fraction of sp³-hybridized carbons (Fsp3) is 0.0625. The Morgan fingerprint density at radius 3 is 2.29 bits per heavy atom. The highest BCUT2D eigenvalue weighted by Gasteiger charge is 2.13. The number of aromatic nitrogens is 2. The molecule has 0 amide bonds. The van der Waals surface area contributed by atoms with Crippen LogP contribution in [0.4, 0.5) is 0 Å². The maximum absolute atomic E-state index is 11.9. The summed E-state index contributed by atoms with van der Waals surface area (Å²) in [6.07, 6.45) is 6.94. The normalized spacial score (nSPS) is 11.7. The lowest BCUT2D eigenvalue weighted by Gasteiger charge is -2.06. The predicted octanol–water partition coefficient (Wildman–Crippen LogP) is 7.84. The van der Waals surface area contributed by atoms with E-state index in [9.17, 15) is 18.3 Å². The first-order chi connectivity index (χ1) is 19.6. The van der Waals surface area contributed by atoms with E-state index in [-0.39, 0.29) is 10.5 Å². The molecule has 0 fully saturated rings. The minimum Gasteiger partial charge on any atom is -0.478 e. The number of benzene rings is 4. The van der Waals surface area contributed by atoms with E-state index in [1.807, 2.05) is 59.3 Å². The van der Waals surface area contributed by atoms with Gasteiger partial charge in [-0.2, -0.15) is 0 Å². The minimum atomic E-state index is -3.30. The van der Waals surface area contributed by atoms with Gasteiger partial charge in [-0.25, -0.2) is 18.2 Å². The van der Waals surface area contributed by atoms with E-state index in [4.69, 9.17) is 28.2 Å². The summed E-state index contributed by atoms with van der Waals surface area (Å²) >= 11 is 12.6. The highest BCUT2D eigenvalue weighted by atomic mass is 35.5. The van der Waals surface area contributed by atoms with Crippen LogP contribution in [0.25, 0.3) is 34.5 Å². The van der Waals surface area contributed by atoms with Gasteiger partial charge in [0, 0.05) is 29.6 Å². The minimum absolute atomic E-state index is 0.222. The second-order valence-corrected chi connectivity index (χ2v) is 12.4. The zero-order chi connectivity index (χ0) is 29.1. The van der Waals surface area contributed by atoms with Crippen molar-refractivity contribution in [2.24, 2.45) is 0 Å². The maximum atomic E-state index is 11.9. The van der Waals surface area contributed by atoms with Gasteiger partial charge in [-0.1, -0.05) is 77.8 Å². The third kappa shape index (κ3) is 6.77. The van der Waals surface area contributed by atoms with E-state index in [1.165, 1.54) is 6.26 Å². The van der Waals surface area contributed by atoms with Crippen LogP contribution in [0.15, 0.2) is 102 Å². The molecule has 6 nitrogen and oxygen atoms in total. The van der Waals surface area contributed by atoms with Crippen LogP contribution < -0.4 is 0 Å². The number of hydrogen-bond donors (Lipinski definition) is 1. The molecule has 0 aliphatic carbocycles. The summed E-state index contributed by atoms with van der Waals surface area (Å²) in [5.41, 5.74) is 5.20. The number of imidazole rings is 1. The van der Waals surface area contributed by atoms with Crippen molar-refractivity contribution in [1.82, 2.24) is 9.55 Å². The average molecular weight is 604 g/mol. The summed E-state index contributed by atoms with van der Waals surface area (Å²) in [5, 5.41) is 10.2. The molecule has 1 N–H and O–H groups in total. The van der Waals surface area contributed by atoms with E-state index in [0.29, 0.717) is 28.1 Å². The fourth-order valence-electron chi connectivity index (χ4n) is 4.33. The summed E-state index contributed by atoms with van der Waals surface area (Å²) in [6, 6.07) is 26.6. The SMILES string of the molecule is CS(=O)(=O)c1cccc(-c2ccc(/C=C/c3nc(-c4ccc(Cl)cc4Cl)cn3Cc3ccc(C(=O)O)cc3)cc2)c1. The zero-order valence-corrected chi connectivity index (χ0v) is 24.2. The first-order valence-electron chi connectivity index (χ1n) is 12.5. The van der Waals surface area contributed by atoms with Crippen molar-refractivity contribution in [1.29, 1.82) is 0 Å². The molecule has 206 valence electrons. The lowest BCUT2D eigenvalue weighted by molar-refractivity contribution is 0.0697. The average Bonchev–Trinajstić information content (AvgIpc) is 3.34. The van der Waals surface area contributed by atoms with Crippen LogP contribution in [0.3, 0.4) is 0 Å². The van der Waals surface area contributed by atoms with E-state index < -0.39 is 15.8 Å². The van der Waals surface area contributed by atoms with Gasteiger partial charge in [0.2, 0.25) is 0 Å². The number of sulfone groups is 1. The molecule has 0 saturated carbocycles. The van der Waals surface area contributed by atoms with Crippen molar-refractivity contribution in [3.05, 3.63) is 130 Å². The lowest BCUT2D eigenvalue weighted by atomic mass is 10.0. The number of aromatic carboxylic acids is 1. The number of rotatable bonds is 8. The second-order valence-electron chi connectivity index (χ2n) is 9.49. The van der Waals surface area contributed by atoms with Gasteiger partial charge in [-0.05, 0) is 70.8 Å². The van der Waals surface area contributed by atoms with Crippen molar-refractivity contribution < 1.29 is 18.3 Å². The molecule has 9 heteroatoms. The third-order valence-corrected chi connectivity index (χ3v) is 8.16. The number of carboxylic acids is 1. The second kappa shape index (κ2) is 11.7. The van der Waals surface area contributed by atoms with E-state index in [1.54, 1.807) is 54.6 Å².